The summed E-state index contributed by atoms with van der Waals surface area (Å²) in [6.45, 7) is 4.53. The summed E-state index contributed by atoms with van der Waals surface area (Å²) in [4.78, 5) is 0. The summed E-state index contributed by atoms with van der Waals surface area (Å²) in [6, 6.07) is 3.90. The Hall–Kier alpha value is -0.540. The number of halogens is 1. The molecule has 3 heteroatoms. The maximum atomic E-state index is 9.11. The number of aliphatic hydroxyl groups excluding tert-OH is 1. The van der Waals surface area contributed by atoms with Crippen LogP contribution in [0.5, 0.6) is 5.75 Å². The average Bonchev–Trinajstić information content (AvgIpc) is 2.04. The minimum Gasteiger partial charge on any atom is -0.493 e. The van der Waals surface area contributed by atoms with Crippen LogP contribution in [-0.2, 0) is 6.61 Å². The van der Waals surface area contributed by atoms with Crippen LogP contribution >= 0.6 is 15.9 Å². The van der Waals surface area contributed by atoms with E-state index in [1.165, 1.54) is 0 Å². The van der Waals surface area contributed by atoms with Gasteiger partial charge in [0, 0.05) is 10.0 Å². The van der Waals surface area contributed by atoms with Crippen LogP contribution < -0.4 is 4.74 Å². The van der Waals surface area contributed by atoms with Gasteiger partial charge in [-0.25, -0.2) is 0 Å². The van der Waals surface area contributed by atoms with Gasteiger partial charge < -0.3 is 9.84 Å². The van der Waals surface area contributed by atoms with Crippen LogP contribution in [-0.4, -0.2) is 11.7 Å². The summed E-state index contributed by atoms with van der Waals surface area (Å²) in [7, 11) is 0. The third-order valence-electron chi connectivity index (χ3n) is 1.76. The molecule has 2 nitrogen and oxygen atoms in total. The standard InChI is InChI=1S/C10H13BrO2/c1-3-13-10-5-7(2)4-9(11)8(10)6-12/h4-5,12H,3,6H2,1-2H3. The highest BCUT2D eigenvalue weighted by molar-refractivity contribution is 9.10. The second kappa shape index (κ2) is 4.63. The second-order valence-electron chi connectivity index (χ2n) is 2.81. The van der Waals surface area contributed by atoms with Crippen LogP contribution in [0.3, 0.4) is 0 Å². The third kappa shape index (κ3) is 2.45. The molecular formula is C10H13BrO2. The topological polar surface area (TPSA) is 29.5 Å². The predicted molar refractivity (Wildman–Crippen MR) is 56.0 cm³/mol. The van der Waals surface area contributed by atoms with Crippen molar-refractivity contribution in [2.24, 2.45) is 0 Å². The van der Waals surface area contributed by atoms with E-state index >= 15 is 0 Å². The van der Waals surface area contributed by atoms with E-state index < -0.39 is 0 Å². The summed E-state index contributed by atoms with van der Waals surface area (Å²) < 4.78 is 6.30. The molecule has 0 unspecified atom stereocenters. The molecule has 1 aromatic rings. The van der Waals surface area contributed by atoms with Gasteiger partial charge in [-0.3, -0.25) is 0 Å². The Labute approximate surface area is 86.7 Å². The van der Waals surface area contributed by atoms with E-state index in [-0.39, 0.29) is 6.61 Å². The van der Waals surface area contributed by atoms with Gasteiger partial charge in [-0.2, -0.15) is 0 Å². The van der Waals surface area contributed by atoms with E-state index in [1.54, 1.807) is 0 Å². The van der Waals surface area contributed by atoms with Crippen LogP contribution in [0, 0.1) is 6.92 Å². The summed E-state index contributed by atoms with van der Waals surface area (Å²) in [5, 5.41) is 9.11. The summed E-state index contributed by atoms with van der Waals surface area (Å²) in [5.74, 6) is 0.761. The number of rotatable bonds is 3. The van der Waals surface area contributed by atoms with Gasteiger partial charge in [0.15, 0.2) is 0 Å². The molecule has 0 bridgehead atoms. The Balaban J connectivity index is 3.13. The largest absolute Gasteiger partial charge is 0.493 e. The lowest BCUT2D eigenvalue weighted by Gasteiger charge is -2.11. The number of hydrogen-bond donors (Lipinski definition) is 1. The van der Waals surface area contributed by atoms with Gasteiger partial charge in [-0.1, -0.05) is 15.9 Å². The van der Waals surface area contributed by atoms with Crippen LogP contribution in [0.4, 0.5) is 0 Å². The predicted octanol–water partition coefficient (Wildman–Crippen LogP) is 2.65. The van der Waals surface area contributed by atoms with E-state index in [0.717, 1.165) is 21.3 Å². The molecule has 1 N–H and O–H groups in total. The number of aryl methyl sites for hydroxylation is 1. The molecule has 72 valence electrons. The first-order chi connectivity index (χ1) is 6.19. The summed E-state index contributed by atoms with van der Waals surface area (Å²) in [6.07, 6.45) is 0. The zero-order valence-electron chi connectivity index (χ0n) is 7.80. The van der Waals surface area contributed by atoms with Crippen molar-refractivity contribution in [3.63, 3.8) is 0 Å². The van der Waals surface area contributed by atoms with E-state index in [2.05, 4.69) is 15.9 Å². The van der Waals surface area contributed by atoms with Gasteiger partial charge >= 0.3 is 0 Å². The lowest BCUT2D eigenvalue weighted by Crippen LogP contribution is -1.98. The van der Waals surface area contributed by atoms with Gasteiger partial charge in [0.1, 0.15) is 5.75 Å². The molecule has 13 heavy (non-hydrogen) atoms. The Morgan fingerprint density at radius 1 is 1.46 bits per heavy atom. The molecule has 0 radical (unpaired) electrons. The first kappa shape index (κ1) is 10.5. The molecule has 1 rings (SSSR count). The van der Waals surface area contributed by atoms with E-state index in [1.807, 2.05) is 26.0 Å². The molecule has 0 aliphatic rings. The Kier molecular flexibility index (Phi) is 3.75. The van der Waals surface area contributed by atoms with Gasteiger partial charge in [-0.15, -0.1) is 0 Å². The normalized spacial score (nSPS) is 10.2. The van der Waals surface area contributed by atoms with Gasteiger partial charge in [0.25, 0.3) is 0 Å². The molecule has 0 atom stereocenters. The zero-order chi connectivity index (χ0) is 9.84. The molecule has 0 saturated carbocycles. The maximum Gasteiger partial charge on any atom is 0.126 e. The SMILES string of the molecule is CCOc1cc(C)cc(Br)c1CO. The lowest BCUT2D eigenvalue weighted by molar-refractivity contribution is 0.266. The summed E-state index contributed by atoms with van der Waals surface area (Å²) in [5.41, 5.74) is 1.93. The van der Waals surface area contributed by atoms with E-state index in [9.17, 15) is 0 Å². The molecule has 0 aromatic heterocycles. The molecule has 0 heterocycles. The minimum atomic E-state index is -0.00377. The fourth-order valence-electron chi connectivity index (χ4n) is 1.18. The molecular weight excluding hydrogens is 232 g/mol. The number of benzene rings is 1. The van der Waals surface area contributed by atoms with Crippen molar-refractivity contribution in [1.29, 1.82) is 0 Å². The quantitative estimate of drug-likeness (QED) is 0.886. The molecule has 0 aliphatic heterocycles. The number of aliphatic hydroxyl groups is 1. The van der Waals surface area contributed by atoms with Gasteiger partial charge in [0.2, 0.25) is 0 Å². The highest BCUT2D eigenvalue weighted by Gasteiger charge is 2.07. The fourth-order valence-corrected chi connectivity index (χ4v) is 1.86. The molecule has 0 aliphatic carbocycles. The van der Waals surface area contributed by atoms with E-state index in [0.29, 0.717) is 6.61 Å². The first-order valence-corrected chi connectivity index (χ1v) is 5.01. The number of hydrogen-bond acceptors (Lipinski definition) is 2. The van der Waals surface area contributed by atoms with Gasteiger partial charge in [0.05, 0.1) is 13.2 Å². The van der Waals surface area contributed by atoms with Gasteiger partial charge in [-0.05, 0) is 31.5 Å². The van der Waals surface area contributed by atoms with Crippen molar-refractivity contribution in [2.45, 2.75) is 20.5 Å². The number of ether oxygens (including phenoxy) is 1. The Bertz CT molecular complexity index is 297. The van der Waals surface area contributed by atoms with Crippen LogP contribution in [0.1, 0.15) is 18.1 Å². The maximum absolute atomic E-state index is 9.11. The molecule has 0 spiro atoms. The third-order valence-corrected chi connectivity index (χ3v) is 2.46. The fraction of sp³-hybridized carbons (Fsp3) is 0.400. The summed E-state index contributed by atoms with van der Waals surface area (Å²) >= 11 is 3.39. The highest BCUT2D eigenvalue weighted by atomic mass is 79.9. The van der Waals surface area contributed by atoms with Crippen LogP contribution in [0.2, 0.25) is 0 Å². The van der Waals surface area contributed by atoms with Crippen LogP contribution in [0.25, 0.3) is 0 Å². The smallest absolute Gasteiger partial charge is 0.126 e. The zero-order valence-corrected chi connectivity index (χ0v) is 9.39. The van der Waals surface area contributed by atoms with Crippen LogP contribution in [0.15, 0.2) is 16.6 Å². The molecule has 0 saturated heterocycles. The molecule has 0 fully saturated rings. The average molecular weight is 245 g/mol. The lowest BCUT2D eigenvalue weighted by atomic mass is 10.1. The second-order valence-corrected chi connectivity index (χ2v) is 3.67. The van der Waals surface area contributed by atoms with Crippen molar-refractivity contribution >= 4 is 15.9 Å². The Morgan fingerprint density at radius 2 is 2.15 bits per heavy atom. The van der Waals surface area contributed by atoms with Crippen molar-refractivity contribution in [3.05, 3.63) is 27.7 Å². The van der Waals surface area contributed by atoms with Crippen molar-refractivity contribution < 1.29 is 9.84 Å². The molecule has 1 aromatic carbocycles. The minimum absolute atomic E-state index is 0.00377. The monoisotopic (exact) mass is 244 g/mol. The Morgan fingerprint density at radius 3 is 2.69 bits per heavy atom. The van der Waals surface area contributed by atoms with Crippen molar-refractivity contribution in [1.82, 2.24) is 0 Å². The van der Waals surface area contributed by atoms with Crippen molar-refractivity contribution in [2.75, 3.05) is 6.61 Å². The highest BCUT2D eigenvalue weighted by Crippen LogP contribution is 2.28. The molecule has 0 amide bonds. The first-order valence-electron chi connectivity index (χ1n) is 4.21. The van der Waals surface area contributed by atoms with Crippen molar-refractivity contribution in [3.8, 4) is 5.75 Å². The van der Waals surface area contributed by atoms with E-state index in [4.69, 9.17) is 9.84 Å².